The van der Waals surface area contributed by atoms with Crippen LogP contribution in [0.25, 0.3) is 0 Å². The van der Waals surface area contributed by atoms with Crippen LogP contribution in [-0.4, -0.2) is 36.7 Å². The van der Waals surface area contributed by atoms with Crippen LogP contribution in [0.2, 0.25) is 5.02 Å². The van der Waals surface area contributed by atoms with Crippen LogP contribution in [0.4, 0.5) is 5.82 Å². The molecule has 1 fully saturated rings. The predicted molar refractivity (Wildman–Crippen MR) is 74.7 cm³/mol. The van der Waals surface area contributed by atoms with Crippen molar-refractivity contribution in [2.45, 2.75) is 25.8 Å². The summed E-state index contributed by atoms with van der Waals surface area (Å²) in [7, 11) is 0. The zero-order valence-electron chi connectivity index (χ0n) is 10.9. The van der Waals surface area contributed by atoms with Gasteiger partial charge in [-0.05, 0) is 25.0 Å². The molecule has 1 amide bonds. The standard InChI is InChI=1S/C13H18ClN3O2/c1-2-6-15-11-4-3-10(14)12(17-11)13(18)16-9-5-7-19-8-9/h3-4,9H,2,5-8H2,1H3,(H,15,17)(H,16,18). The van der Waals surface area contributed by atoms with Crippen molar-refractivity contribution in [3.8, 4) is 0 Å². The average molecular weight is 284 g/mol. The number of carbonyl (C=O) groups is 1. The molecule has 5 nitrogen and oxygen atoms in total. The number of nitrogens with zero attached hydrogens (tertiary/aromatic N) is 1. The molecule has 1 aliphatic heterocycles. The Hall–Kier alpha value is -1.33. The third-order valence-electron chi connectivity index (χ3n) is 2.88. The van der Waals surface area contributed by atoms with Gasteiger partial charge in [0, 0.05) is 13.2 Å². The number of pyridine rings is 1. The Morgan fingerprint density at radius 2 is 2.42 bits per heavy atom. The molecule has 0 spiro atoms. The average Bonchev–Trinajstić information content (AvgIpc) is 2.90. The summed E-state index contributed by atoms with van der Waals surface area (Å²) < 4.78 is 5.22. The van der Waals surface area contributed by atoms with Crippen LogP contribution >= 0.6 is 11.6 Å². The van der Waals surface area contributed by atoms with Gasteiger partial charge < -0.3 is 15.4 Å². The van der Waals surface area contributed by atoms with E-state index in [2.05, 4.69) is 22.5 Å². The van der Waals surface area contributed by atoms with E-state index >= 15 is 0 Å². The molecule has 2 N–H and O–H groups in total. The highest BCUT2D eigenvalue weighted by Gasteiger charge is 2.21. The van der Waals surface area contributed by atoms with Crippen molar-refractivity contribution < 1.29 is 9.53 Å². The van der Waals surface area contributed by atoms with Gasteiger partial charge in [-0.15, -0.1) is 0 Å². The van der Waals surface area contributed by atoms with E-state index in [-0.39, 0.29) is 17.6 Å². The van der Waals surface area contributed by atoms with E-state index < -0.39 is 0 Å². The Balaban J connectivity index is 2.06. The van der Waals surface area contributed by atoms with Crippen LogP contribution < -0.4 is 10.6 Å². The minimum absolute atomic E-state index is 0.0534. The van der Waals surface area contributed by atoms with Gasteiger partial charge in [0.2, 0.25) is 0 Å². The van der Waals surface area contributed by atoms with E-state index in [9.17, 15) is 4.79 Å². The number of hydrogen-bond acceptors (Lipinski definition) is 4. The number of amides is 1. The van der Waals surface area contributed by atoms with Crippen LogP contribution in [0.15, 0.2) is 12.1 Å². The van der Waals surface area contributed by atoms with Gasteiger partial charge in [-0.3, -0.25) is 4.79 Å². The molecular formula is C13H18ClN3O2. The number of rotatable bonds is 5. The lowest BCUT2D eigenvalue weighted by Crippen LogP contribution is -2.35. The SMILES string of the molecule is CCCNc1ccc(Cl)c(C(=O)NC2CCOC2)n1. The van der Waals surface area contributed by atoms with Crippen LogP contribution in [-0.2, 0) is 4.74 Å². The maximum atomic E-state index is 12.1. The Bertz CT molecular complexity index is 448. The first kappa shape index (κ1) is 14.1. The Morgan fingerprint density at radius 1 is 1.58 bits per heavy atom. The zero-order chi connectivity index (χ0) is 13.7. The van der Waals surface area contributed by atoms with Crippen LogP contribution in [0, 0.1) is 0 Å². The molecule has 0 bridgehead atoms. The first-order valence-electron chi connectivity index (χ1n) is 6.49. The summed E-state index contributed by atoms with van der Waals surface area (Å²) in [5.41, 5.74) is 0.259. The van der Waals surface area contributed by atoms with Crippen molar-refractivity contribution >= 4 is 23.3 Å². The second-order valence-electron chi connectivity index (χ2n) is 4.49. The van der Waals surface area contributed by atoms with Gasteiger partial charge in [0.25, 0.3) is 5.91 Å². The fourth-order valence-electron chi connectivity index (χ4n) is 1.86. The van der Waals surface area contributed by atoms with Gasteiger partial charge in [-0.2, -0.15) is 0 Å². The smallest absolute Gasteiger partial charge is 0.271 e. The molecule has 1 saturated heterocycles. The molecule has 1 aromatic heterocycles. The van der Waals surface area contributed by atoms with Crippen molar-refractivity contribution in [1.82, 2.24) is 10.3 Å². The van der Waals surface area contributed by atoms with Gasteiger partial charge in [0.1, 0.15) is 11.5 Å². The molecule has 6 heteroatoms. The van der Waals surface area contributed by atoms with Crippen molar-refractivity contribution in [3.05, 3.63) is 22.8 Å². The molecule has 0 aliphatic carbocycles. The van der Waals surface area contributed by atoms with Gasteiger partial charge in [0.15, 0.2) is 0 Å². The first-order chi connectivity index (χ1) is 9.20. The second kappa shape index (κ2) is 6.73. The fourth-order valence-corrected chi connectivity index (χ4v) is 2.05. The molecular weight excluding hydrogens is 266 g/mol. The summed E-state index contributed by atoms with van der Waals surface area (Å²) >= 11 is 6.03. The molecule has 1 aromatic rings. The second-order valence-corrected chi connectivity index (χ2v) is 4.89. The molecule has 104 valence electrons. The highest BCUT2D eigenvalue weighted by Crippen LogP contribution is 2.17. The summed E-state index contributed by atoms with van der Waals surface area (Å²) in [4.78, 5) is 16.4. The monoisotopic (exact) mass is 283 g/mol. The van der Waals surface area contributed by atoms with E-state index in [4.69, 9.17) is 16.3 Å². The third kappa shape index (κ3) is 3.81. The summed E-state index contributed by atoms with van der Waals surface area (Å²) in [6.45, 7) is 4.12. The molecule has 2 heterocycles. The molecule has 2 rings (SSSR count). The number of anilines is 1. The maximum absolute atomic E-state index is 12.1. The van der Waals surface area contributed by atoms with E-state index in [1.54, 1.807) is 12.1 Å². The lowest BCUT2D eigenvalue weighted by atomic mass is 10.2. The normalized spacial score (nSPS) is 18.3. The van der Waals surface area contributed by atoms with Crippen molar-refractivity contribution in [3.63, 3.8) is 0 Å². The van der Waals surface area contributed by atoms with E-state index in [1.165, 1.54) is 0 Å². The highest BCUT2D eigenvalue weighted by atomic mass is 35.5. The number of halogens is 1. The summed E-state index contributed by atoms with van der Waals surface area (Å²) in [6.07, 6.45) is 1.82. The molecule has 1 aliphatic rings. The number of aromatic nitrogens is 1. The number of nitrogens with one attached hydrogen (secondary N) is 2. The van der Waals surface area contributed by atoms with Gasteiger partial charge in [0.05, 0.1) is 17.7 Å². The van der Waals surface area contributed by atoms with Gasteiger partial charge in [-0.1, -0.05) is 18.5 Å². The van der Waals surface area contributed by atoms with Gasteiger partial charge in [-0.25, -0.2) is 4.98 Å². The Morgan fingerprint density at radius 3 is 3.11 bits per heavy atom. The van der Waals surface area contributed by atoms with Crippen molar-refractivity contribution in [2.24, 2.45) is 0 Å². The number of ether oxygens (including phenoxy) is 1. The van der Waals surface area contributed by atoms with Crippen LogP contribution in [0.5, 0.6) is 0 Å². The lowest BCUT2D eigenvalue weighted by molar-refractivity contribution is 0.0925. The number of hydrogen-bond donors (Lipinski definition) is 2. The van der Waals surface area contributed by atoms with E-state index in [0.29, 0.717) is 24.1 Å². The Kier molecular flexibility index (Phi) is 4.99. The predicted octanol–water partition coefficient (Wildman–Crippen LogP) is 2.08. The summed E-state index contributed by atoms with van der Waals surface area (Å²) in [6, 6.07) is 3.51. The number of carbonyl (C=O) groups excluding carboxylic acids is 1. The quantitative estimate of drug-likeness (QED) is 0.868. The lowest BCUT2D eigenvalue weighted by Gasteiger charge is -2.12. The van der Waals surface area contributed by atoms with Crippen molar-refractivity contribution in [1.29, 1.82) is 0 Å². The van der Waals surface area contributed by atoms with E-state index in [1.807, 2.05) is 0 Å². The Labute approximate surface area is 117 Å². The first-order valence-corrected chi connectivity index (χ1v) is 6.87. The third-order valence-corrected chi connectivity index (χ3v) is 3.19. The largest absolute Gasteiger partial charge is 0.379 e. The molecule has 1 atom stereocenters. The van der Waals surface area contributed by atoms with Crippen molar-refractivity contribution in [2.75, 3.05) is 25.1 Å². The van der Waals surface area contributed by atoms with Crippen LogP contribution in [0.1, 0.15) is 30.3 Å². The molecule has 0 radical (unpaired) electrons. The minimum atomic E-state index is -0.249. The van der Waals surface area contributed by atoms with E-state index in [0.717, 1.165) is 19.4 Å². The fraction of sp³-hybridized carbons (Fsp3) is 0.538. The topological polar surface area (TPSA) is 63.2 Å². The van der Waals surface area contributed by atoms with Gasteiger partial charge >= 0.3 is 0 Å². The van der Waals surface area contributed by atoms with Crippen LogP contribution in [0.3, 0.4) is 0 Å². The molecule has 1 unspecified atom stereocenters. The molecule has 0 saturated carbocycles. The summed E-state index contributed by atoms with van der Waals surface area (Å²) in [5, 5.41) is 6.38. The molecule has 0 aromatic carbocycles. The zero-order valence-corrected chi connectivity index (χ0v) is 11.7. The minimum Gasteiger partial charge on any atom is -0.379 e. The highest BCUT2D eigenvalue weighted by molar-refractivity contribution is 6.33. The maximum Gasteiger partial charge on any atom is 0.271 e. The molecule has 19 heavy (non-hydrogen) atoms. The summed E-state index contributed by atoms with van der Waals surface area (Å²) in [5.74, 6) is 0.416.